The number of ether oxygens (including phenoxy) is 10. The van der Waals surface area contributed by atoms with Gasteiger partial charge in [0.05, 0.1) is 26.4 Å². The van der Waals surface area contributed by atoms with Crippen molar-refractivity contribution in [1.82, 2.24) is 5.32 Å². The number of carbonyl (C=O) groups excluding carboxylic acids is 1. The molecule has 390 valence electrons. The highest BCUT2D eigenvalue weighted by atomic mass is 16.8. The number of rotatable bonds is 21. The molecule has 0 bridgehead atoms. The van der Waals surface area contributed by atoms with Gasteiger partial charge in [0.1, 0.15) is 116 Å². The van der Waals surface area contributed by atoms with Gasteiger partial charge in [-0.2, -0.15) is 0 Å². The molecule has 30 heteroatoms. The summed E-state index contributed by atoms with van der Waals surface area (Å²) in [7, 11) is 0. The predicted octanol–water partition coefficient (Wildman–Crippen LogP) is -10.3. The predicted molar refractivity (Wildman–Crippen MR) is 210 cm³/mol. The monoisotopic (exact) mass is 983 g/mol. The summed E-state index contributed by atoms with van der Waals surface area (Å²) in [6.07, 6.45) is -43.1. The third-order valence-corrected chi connectivity index (χ3v) is 12.0. The molecule has 0 saturated carbocycles. The van der Waals surface area contributed by atoms with E-state index in [2.05, 4.69) is 5.32 Å². The Morgan fingerprint density at radius 3 is 1.49 bits per heavy atom. The molecule has 5 aliphatic rings. The van der Waals surface area contributed by atoms with Crippen LogP contribution in [0.15, 0.2) is 0 Å². The normalized spacial score (nSPS) is 46.2. The maximum absolute atomic E-state index is 12.5. The Hall–Kier alpha value is -2.13. The van der Waals surface area contributed by atoms with Crippen molar-refractivity contribution in [2.45, 2.75) is 180 Å². The molecule has 67 heavy (non-hydrogen) atoms. The molecule has 0 aliphatic carbocycles. The Balaban J connectivity index is 1.32. The highest BCUT2D eigenvalue weighted by Gasteiger charge is 2.57. The third-order valence-electron chi connectivity index (χ3n) is 12.0. The number of unbranched alkanes of at least 4 members (excludes halogenated alkanes) is 2. The largest absolute Gasteiger partial charge is 0.394 e. The van der Waals surface area contributed by atoms with Crippen molar-refractivity contribution in [3.63, 3.8) is 0 Å². The van der Waals surface area contributed by atoms with Crippen molar-refractivity contribution in [3.05, 3.63) is 10.1 Å². The smallest absolute Gasteiger partial charge is 0.232 e. The lowest BCUT2D eigenvalue weighted by Crippen LogP contribution is -2.70. The summed E-state index contributed by atoms with van der Waals surface area (Å²) in [6.45, 7) is -3.36. The van der Waals surface area contributed by atoms with Crippen LogP contribution in [0, 0.1) is 10.1 Å². The molecule has 5 aliphatic heterocycles. The van der Waals surface area contributed by atoms with Gasteiger partial charge in [-0.05, 0) is 25.8 Å². The van der Waals surface area contributed by atoms with E-state index in [1.54, 1.807) is 0 Å². The van der Waals surface area contributed by atoms with Gasteiger partial charge in [0.25, 0.3) is 0 Å². The van der Waals surface area contributed by atoms with E-state index in [0.29, 0.717) is 25.8 Å². The molecule has 10 unspecified atom stereocenters. The molecule has 1 amide bonds. The van der Waals surface area contributed by atoms with Crippen LogP contribution in [0.4, 0.5) is 0 Å². The number of hydrogen-bond acceptors (Lipinski definition) is 28. The zero-order chi connectivity index (χ0) is 49.4. The molecular weight excluding hydrogens is 918 g/mol. The first kappa shape index (κ1) is 55.8. The van der Waals surface area contributed by atoms with Gasteiger partial charge < -0.3 is 130 Å². The van der Waals surface area contributed by atoms with E-state index in [1.165, 1.54) is 0 Å². The number of carbonyl (C=O) groups is 1. The number of amides is 1. The highest BCUT2D eigenvalue weighted by Crippen LogP contribution is 2.36. The van der Waals surface area contributed by atoms with Gasteiger partial charge >= 0.3 is 0 Å². The van der Waals surface area contributed by atoms with Crippen molar-refractivity contribution in [1.29, 1.82) is 0 Å². The minimum atomic E-state index is -2.18. The summed E-state index contributed by atoms with van der Waals surface area (Å²) >= 11 is 0. The van der Waals surface area contributed by atoms with Crippen molar-refractivity contribution < 1.29 is 129 Å². The topological polar surface area (TPSA) is 474 Å². The Bertz CT molecular complexity index is 1530. The van der Waals surface area contributed by atoms with Crippen LogP contribution in [-0.4, -0.2) is 282 Å². The minimum absolute atomic E-state index is 0.0376. The van der Waals surface area contributed by atoms with E-state index in [1.807, 2.05) is 0 Å². The summed E-state index contributed by atoms with van der Waals surface area (Å²) < 4.78 is 56.7. The maximum atomic E-state index is 12.5. The fourth-order valence-electron chi connectivity index (χ4n) is 8.32. The number of nitrogens with zero attached hydrogens (tertiary/aromatic N) is 1. The molecule has 17 N–H and O–H groups in total. The SMILES string of the molecule is CC(=O)N[C@H]1C(O[C@@H]2OC(CO)[C@H](O)C(O)[C@@H]2O)[C@@H](O)C(CO)O[C@H]1O[C@@H]1C(O)[C@@H](O[C@H]2C(CO)O[C@@H](O[C@@H]3C(C[N+](=O)[O-])O[C@@H](OCCCCCN)[C@@H](O)C3O)[C@@H](O)C2O)OC(CO)[C@@H]1O. The average Bonchev–Trinajstić information content (AvgIpc) is 3.29. The summed E-state index contributed by atoms with van der Waals surface area (Å²) in [5, 5.41) is 164. The lowest BCUT2D eigenvalue weighted by molar-refractivity contribution is -0.505. The van der Waals surface area contributed by atoms with Crippen LogP contribution < -0.4 is 11.1 Å². The molecule has 5 fully saturated rings. The number of nitro groups is 1. The molecule has 5 heterocycles. The quantitative estimate of drug-likeness (QED) is 0.0288. The van der Waals surface area contributed by atoms with Crippen molar-refractivity contribution in [3.8, 4) is 0 Å². The number of nitrogens with two attached hydrogens (primary N) is 1. The zero-order valence-corrected chi connectivity index (χ0v) is 36.1. The van der Waals surface area contributed by atoms with Crippen LogP contribution in [0.1, 0.15) is 26.2 Å². The first-order valence-corrected chi connectivity index (χ1v) is 21.7. The van der Waals surface area contributed by atoms with Gasteiger partial charge in [-0.25, -0.2) is 0 Å². The number of aliphatic hydroxyl groups excluding tert-OH is 14. The maximum Gasteiger partial charge on any atom is 0.232 e. The third kappa shape index (κ3) is 13.1. The first-order valence-electron chi connectivity index (χ1n) is 21.7. The second kappa shape index (κ2) is 25.3. The second-order valence-electron chi connectivity index (χ2n) is 16.7. The molecule has 30 nitrogen and oxygen atoms in total. The molecule has 0 spiro atoms. The van der Waals surface area contributed by atoms with E-state index in [9.17, 15) is 86.4 Å². The number of hydrogen-bond donors (Lipinski definition) is 16. The van der Waals surface area contributed by atoms with Crippen molar-refractivity contribution in [2.75, 3.05) is 46.1 Å². The highest BCUT2D eigenvalue weighted by molar-refractivity contribution is 5.73. The van der Waals surface area contributed by atoms with Crippen LogP contribution in [0.25, 0.3) is 0 Å². The zero-order valence-electron chi connectivity index (χ0n) is 36.1. The summed E-state index contributed by atoms with van der Waals surface area (Å²) in [5.41, 5.74) is 5.49. The Morgan fingerprint density at radius 2 is 0.955 bits per heavy atom. The molecule has 25 atom stereocenters. The molecule has 0 radical (unpaired) electrons. The van der Waals surface area contributed by atoms with Crippen LogP contribution >= 0.6 is 0 Å². The van der Waals surface area contributed by atoms with Crippen LogP contribution in [0.3, 0.4) is 0 Å². The van der Waals surface area contributed by atoms with Gasteiger partial charge in [0.2, 0.25) is 12.5 Å². The standard InChI is InChI=1S/C37H65N3O27/c1-12(45)39-18-31(66-35-25(52)22(49)19(46)14(8-41)61-35)20(47)15(9-42)60-33(18)67-32-21(48)16(10-43)62-37(28(32)55)65-30-17(11-44)63-36(27(54)24(30)51)64-29-13(7-40(56)57)59-34(26(53)23(29)50)58-6-4-2-3-5-38/h13-37,41-44,46-55H,2-11,38H2,1H3,(H,39,45)/t13?,14?,15?,16?,17?,18-,19-,20-,21-,22?,23?,24?,25-,26-,27-,28?,29+,30-,31?,32-,33-,34+,35-,36-,37+/m0/s1. The molecule has 5 saturated heterocycles. The van der Waals surface area contributed by atoms with Gasteiger partial charge in [0.15, 0.2) is 37.6 Å². The Kier molecular flexibility index (Phi) is 21.1. The minimum Gasteiger partial charge on any atom is -0.394 e. The van der Waals surface area contributed by atoms with Crippen LogP contribution in [-0.2, 0) is 52.2 Å². The van der Waals surface area contributed by atoms with E-state index < -0.39 is 197 Å². The first-order chi connectivity index (χ1) is 31.8. The summed E-state index contributed by atoms with van der Waals surface area (Å²) in [5.74, 6) is -0.818. The fourth-order valence-corrected chi connectivity index (χ4v) is 8.32. The van der Waals surface area contributed by atoms with E-state index in [4.69, 9.17) is 53.1 Å². The van der Waals surface area contributed by atoms with Gasteiger partial charge in [0, 0.05) is 18.5 Å². The molecular formula is C37H65N3O27. The van der Waals surface area contributed by atoms with Gasteiger partial charge in [-0.1, -0.05) is 0 Å². The van der Waals surface area contributed by atoms with E-state index in [-0.39, 0.29) is 6.61 Å². The number of aliphatic hydroxyl groups is 14. The van der Waals surface area contributed by atoms with Crippen LogP contribution in [0.2, 0.25) is 0 Å². The fraction of sp³-hybridized carbons (Fsp3) is 0.973. The molecule has 0 aromatic carbocycles. The summed E-state index contributed by atoms with van der Waals surface area (Å²) in [6, 6.07) is -1.69. The number of nitrogens with one attached hydrogen (secondary N) is 1. The van der Waals surface area contributed by atoms with Crippen LogP contribution in [0.5, 0.6) is 0 Å². The van der Waals surface area contributed by atoms with E-state index >= 15 is 0 Å². The molecule has 0 aromatic heterocycles. The Labute approximate surface area is 381 Å². The second-order valence-corrected chi connectivity index (χ2v) is 16.7. The van der Waals surface area contributed by atoms with Crippen molar-refractivity contribution >= 4 is 5.91 Å². The van der Waals surface area contributed by atoms with Crippen molar-refractivity contribution in [2.24, 2.45) is 5.73 Å². The van der Waals surface area contributed by atoms with Gasteiger partial charge in [-0.3, -0.25) is 14.9 Å². The average molecular weight is 984 g/mol. The summed E-state index contributed by atoms with van der Waals surface area (Å²) in [4.78, 5) is 23.3. The van der Waals surface area contributed by atoms with Gasteiger partial charge in [-0.15, -0.1) is 0 Å². The van der Waals surface area contributed by atoms with E-state index in [0.717, 1.165) is 6.92 Å². The Morgan fingerprint density at radius 1 is 0.522 bits per heavy atom. The lowest BCUT2D eigenvalue weighted by atomic mass is 9.94. The molecule has 5 rings (SSSR count). The molecule has 0 aromatic rings. The lowest BCUT2D eigenvalue weighted by Gasteiger charge is -2.50.